The molecule has 1 saturated carbocycles. The molecule has 2 aromatic carbocycles. The molecule has 1 aromatic heterocycles. The molecule has 1 spiro atoms. The van der Waals surface area contributed by atoms with Gasteiger partial charge in [0.05, 0.1) is 34.4 Å². The van der Waals surface area contributed by atoms with Crippen LogP contribution in [0.1, 0.15) is 39.0 Å². The summed E-state index contributed by atoms with van der Waals surface area (Å²) in [7, 11) is -7.34. The number of hydrogen-bond donors (Lipinski definition) is 1. The predicted octanol–water partition coefficient (Wildman–Crippen LogP) is 2.78. The summed E-state index contributed by atoms with van der Waals surface area (Å²) in [4.78, 5) is 17.8. The maximum atomic E-state index is 13.6. The van der Waals surface area contributed by atoms with Crippen molar-refractivity contribution in [3.8, 4) is 5.75 Å². The number of aryl methyl sites for hydroxylation is 1. The van der Waals surface area contributed by atoms with E-state index in [1.807, 2.05) is 19.1 Å². The van der Waals surface area contributed by atoms with Gasteiger partial charge in [-0.25, -0.2) is 16.8 Å². The van der Waals surface area contributed by atoms with Crippen molar-refractivity contribution in [3.63, 3.8) is 0 Å². The highest BCUT2D eigenvalue weighted by Crippen LogP contribution is 2.37. The highest BCUT2D eigenvalue weighted by Gasteiger charge is 2.44. The fraction of sp³-hybridized carbons (Fsp3) is 0.484. The zero-order valence-corrected chi connectivity index (χ0v) is 26.2. The van der Waals surface area contributed by atoms with Gasteiger partial charge in [-0.3, -0.25) is 9.79 Å². The summed E-state index contributed by atoms with van der Waals surface area (Å²) in [5.74, 6) is 0.376. The summed E-state index contributed by atoms with van der Waals surface area (Å²) in [5.41, 5.74) is 0.467. The molecule has 44 heavy (non-hydrogen) atoms. The van der Waals surface area contributed by atoms with Crippen molar-refractivity contribution in [2.45, 2.75) is 72.3 Å². The molecule has 1 atom stereocenters. The van der Waals surface area contributed by atoms with Gasteiger partial charge in [0.15, 0.2) is 9.84 Å². The summed E-state index contributed by atoms with van der Waals surface area (Å²) in [5, 5.41) is 10.5. The van der Waals surface area contributed by atoms with Gasteiger partial charge in [0.25, 0.3) is 0 Å². The van der Waals surface area contributed by atoms with Gasteiger partial charge >= 0.3 is 0 Å². The topological polar surface area (TPSA) is 145 Å². The summed E-state index contributed by atoms with van der Waals surface area (Å²) >= 11 is 0. The van der Waals surface area contributed by atoms with Gasteiger partial charge in [0.1, 0.15) is 23.4 Å². The Bertz CT molecular complexity index is 1860. The Morgan fingerprint density at radius 2 is 1.84 bits per heavy atom. The Morgan fingerprint density at radius 1 is 1.09 bits per heavy atom. The van der Waals surface area contributed by atoms with Crippen molar-refractivity contribution in [2.24, 2.45) is 4.99 Å². The number of aliphatic hydroxyl groups is 1. The highest BCUT2D eigenvalue weighted by atomic mass is 32.2. The number of aliphatic imine (C=N–C) groups is 1. The first-order valence-corrected chi connectivity index (χ1v) is 17.9. The van der Waals surface area contributed by atoms with E-state index in [2.05, 4.69) is 4.99 Å². The molecule has 6 rings (SSSR count). The van der Waals surface area contributed by atoms with E-state index in [1.54, 1.807) is 34.9 Å². The first-order valence-electron chi connectivity index (χ1n) is 15.0. The molecule has 2 saturated heterocycles. The lowest BCUT2D eigenvalue weighted by Gasteiger charge is -2.37. The number of fused-ring (bicyclic) bond motifs is 1. The Labute approximate surface area is 257 Å². The van der Waals surface area contributed by atoms with Crippen molar-refractivity contribution in [1.82, 2.24) is 8.87 Å². The van der Waals surface area contributed by atoms with Crippen LogP contribution in [0.4, 0.5) is 0 Å². The Morgan fingerprint density at radius 3 is 2.57 bits per heavy atom. The molecule has 0 unspecified atom stereocenters. The normalized spacial score (nSPS) is 20.8. The molecule has 13 heteroatoms. The molecule has 0 bridgehead atoms. The Balaban J connectivity index is 1.04. The second-order valence-electron chi connectivity index (χ2n) is 11.8. The standard InChI is InChI=1S/C31H37N3O8S2/c1-2-33-19-29(30(36)27-8-3-4-9-28(27)33)44(39,40)34-14-12-31(13-15-34)17-22(20-42-31)32-18-23(35)21-41-24-6-5-7-26(16-24)43(37,38)25-10-11-25/h3-9,16,19,23,25,35H,2,10-15,17-18,20-21H2,1H3/t23-/m0/s1. The second-order valence-corrected chi connectivity index (χ2v) is 15.9. The SMILES string of the molecule is CCn1cc(S(=O)(=O)N2CCC3(CC2)CC(=NC[C@H](O)COc2cccc(S(=O)(=O)C4CC4)c2)CO3)c(=O)c2ccccc21. The largest absolute Gasteiger partial charge is 0.491 e. The van der Waals surface area contributed by atoms with Crippen LogP contribution in [-0.4, -0.2) is 86.3 Å². The molecular weight excluding hydrogens is 606 g/mol. The van der Waals surface area contributed by atoms with Crippen molar-refractivity contribution in [2.75, 3.05) is 32.8 Å². The summed E-state index contributed by atoms with van der Waals surface area (Å²) in [6, 6.07) is 13.4. The summed E-state index contributed by atoms with van der Waals surface area (Å²) in [6.45, 7) is 3.23. The molecule has 236 valence electrons. The van der Waals surface area contributed by atoms with Gasteiger partial charge in [0, 0.05) is 43.3 Å². The fourth-order valence-corrected chi connectivity index (χ4v) is 9.20. The van der Waals surface area contributed by atoms with E-state index >= 15 is 0 Å². The van der Waals surface area contributed by atoms with Gasteiger partial charge in [-0.15, -0.1) is 0 Å². The smallest absolute Gasteiger partial charge is 0.248 e. The minimum atomic E-state index is -4.01. The van der Waals surface area contributed by atoms with E-state index < -0.39 is 37.0 Å². The van der Waals surface area contributed by atoms with E-state index in [4.69, 9.17) is 9.47 Å². The maximum Gasteiger partial charge on any atom is 0.248 e. The van der Waals surface area contributed by atoms with Crippen LogP contribution in [0.5, 0.6) is 5.75 Å². The lowest BCUT2D eigenvalue weighted by Crippen LogP contribution is -2.47. The monoisotopic (exact) mass is 643 g/mol. The Kier molecular flexibility index (Phi) is 8.44. The molecule has 0 radical (unpaired) electrons. The zero-order chi connectivity index (χ0) is 31.1. The average Bonchev–Trinajstić information content (AvgIpc) is 3.83. The van der Waals surface area contributed by atoms with Gasteiger partial charge in [-0.1, -0.05) is 18.2 Å². The van der Waals surface area contributed by atoms with Crippen LogP contribution in [0.15, 0.2) is 74.3 Å². The van der Waals surface area contributed by atoms with Crippen molar-refractivity contribution >= 4 is 36.5 Å². The minimum Gasteiger partial charge on any atom is -0.491 e. The molecule has 3 fully saturated rings. The molecular formula is C31H37N3O8S2. The number of nitrogens with zero attached hydrogens (tertiary/aromatic N) is 3. The second kappa shape index (κ2) is 12.0. The predicted molar refractivity (Wildman–Crippen MR) is 166 cm³/mol. The quantitative estimate of drug-likeness (QED) is 0.355. The van der Waals surface area contributed by atoms with Crippen molar-refractivity contribution in [1.29, 1.82) is 0 Å². The lowest BCUT2D eigenvalue weighted by atomic mass is 9.89. The molecule has 1 N–H and O–H groups in total. The number of sulfone groups is 1. The summed E-state index contributed by atoms with van der Waals surface area (Å²) in [6.07, 6.45) is 3.38. The molecule has 3 aromatic rings. The summed E-state index contributed by atoms with van der Waals surface area (Å²) < 4.78 is 67.1. The van der Waals surface area contributed by atoms with Crippen molar-refractivity contribution in [3.05, 3.63) is 65.0 Å². The van der Waals surface area contributed by atoms with E-state index in [9.17, 15) is 26.7 Å². The van der Waals surface area contributed by atoms with Crippen LogP contribution in [0.25, 0.3) is 10.9 Å². The molecule has 11 nitrogen and oxygen atoms in total. The van der Waals surface area contributed by atoms with Gasteiger partial charge < -0.3 is 19.1 Å². The number of pyridine rings is 1. The van der Waals surface area contributed by atoms with Crippen LogP contribution >= 0.6 is 0 Å². The third-order valence-corrected chi connectivity index (χ3v) is 12.8. The van der Waals surface area contributed by atoms with Crippen LogP contribution in [0.2, 0.25) is 0 Å². The number of ether oxygens (including phenoxy) is 2. The average molecular weight is 644 g/mol. The number of hydrogen-bond acceptors (Lipinski definition) is 9. The van der Waals surface area contributed by atoms with Gasteiger partial charge in [-0.05, 0) is 62.9 Å². The molecule has 3 heterocycles. The maximum absolute atomic E-state index is 13.6. The number of para-hydroxylation sites is 1. The lowest BCUT2D eigenvalue weighted by molar-refractivity contribution is -0.0303. The van der Waals surface area contributed by atoms with Gasteiger partial charge in [-0.2, -0.15) is 4.31 Å². The van der Waals surface area contributed by atoms with E-state index in [1.165, 1.54) is 16.6 Å². The first-order chi connectivity index (χ1) is 21.0. The number of sulfonamides is 1. The molecule has 1 aliphatic carbocycles. The Hall–Kier alpha value is -3.10. The van der Waals surface area contributed by atoms with Crippen molar-refractivity contribution < 1.29 is 31.4 Å². The van der Waals surface area contributed by atoms with E-state index in [0.717, 1.165) is 5.71 Å². The number of aromatic nitrogens is 1. The minimum absolute atomic E-state index is 0.0446. The number of aliphatic hydroxyl groups excluding tert-OH is 1. The third kappa shape index (κ3) is 6.08. The van der Waals surface area contributed by atoms with E-state index in [-0.39, 0.29) is 41.3 Å². The van der Waals surface area contributed by atoms with Crippen LogP contribution < -0.4 is 10.2 Å². The van der Waals surface area contributed by atoms with Crippen LogP contribution in [-0.2, 0) is 31.1 Å². The number of rotatable bonds is 10. The van der Waals surface area contributed by atoms with Gasteiger partial charge in [0.2, 0.25) is 15.5 Å². The molecule has 0 amide bonds. The molecule has 3 aliphatic rings. The van der Waals surface area contributed by atoms with Crippen LogP contribution in [0.3, 0.4) is 0 Å². The zero-order valence-electron chi connectivity index (χ0n) is 24.6. The third-order valence-electron chi connectivity index (χ3n) is 8.68. The first kappa shape index (κ1) is 30.9. The van der Waals surface area contributed by atoms with Crippen LogP contribution in [0, 0.1) is 0 Å². The number of piperidine rings is 1. The highest BCUT2D eigenvalue weighted by molar-refractivity contribution is 7.92. The molecule has 2 aliphatic heterocycles. The van der Waals surface area contributed by atoms with E-state index in [0.29, 0.717) is 61.9 Å². The number of benzene rings is 2. The fourth-order valence-electron chi connectivity index (χ4n) is 5.96.